The highest BCUT2D eigenvalue weighted by Crippen LogP contribution is 2.40. The van der Waals surface area contributed by atoms with Crippen molar-refractivity contribution >= 4 is 5.69 Å². The Morgan fingerprint density at radius 2 is 2.10 bits per heavy atom. The lowest BCUT2D eigenvalue weighted by Crippen LogP contribution is -2.17. The summed E-state index contributed by atoms with van der Waals surface area (Å²) in [6, 6.07) is 12.3. The molecule has 1 saturated carbocycles. The van der Waals surface area contributed by atoms with Crippen LogP contribution in [0.1, 0.15) is 36.8 Å². The summed E-state index contributed by atoms with van der Waals surface area (Å²) in [5, 5.41) is 3.39. The third-order valence-electron chi connectivity index (χ3n) is 3.82. The highest BCUT2D eigenvalue weighted by molar-refractivity contribution is 5.41. The quantitative estimate of drug-likeness (QED) is 0.902. The molecule has 1 aliphatic rings. The Kier molecular flexibility index (Phi) is 3.59. The van der Waals surface area contributed by atoms with Crippen LogP contribution in [0.4, 0.5) is 5.69 Å². The molecule has 104 valence electrons. The zero-order chi connectivity index (χ0) is 13.9. The van der Waals surface area contributed by atoms with Gasteiger partial charge < -0.3 is 9.88 Å². The molecule has 0 bridgehead atoms. The molecule has 20 heavy (non-hydrogen) atoms. The van der Waals surface area contributed by atoms with E-state index in [-0.39, 0.29) is 5.56 Å². The van der Waals surface area contributed by atoms with Crippen molar-refractivity contribution in [3.05, 3.63) is 64.1 Å². The zero-order valence-corrected chi connectivity index (χ0v) is 11.8. The summed E-state index contributed by atoms with van der Waals surface area (Å²) in [5.41, 5.74) is 3.79. The second kappa shape index (κ2) is 5.53. The maximum absolute atomic E-state index is 11.5. The molecule has 2 aromatic rings. The van der Waals surface area contributed by atoms with Gasteiger partial charge in [0.25, 0.3) is 5.56 Å². The molecule has 1 aliphatic carbocycles. The molecule has 1 N–H and O–H groups in total. The van der Waals surface area contributed by atoms with E-state index in [0.717, 1.165) is 18.2 Å². The summed E-state index contributed by atoms with van der Waals surface area (Å²) in [4.78, 5) is 11.5. The van der Waals surface area contributed by atoms with Crippen LogP contribution in [0.25, 0.3) is 0 Å². The topological polar surface area (TPSA) is 34.0 Å². The predicted octanol–water partition coefficient (Wildman–Crippen LogP) is 3.36. The van der Waals surface area contributed by atoms with Crippen molar-refractivity contribution in [2.24, 2.45) is 0 Å². The maximum atomic E-state index is 11.5. The molecular weight excluding hydrogens is 248 g/mol. The van der Waals surface area contributed by atoms with E-state index >= 15 is 0 Å². The Morgan fingerprint density at radius 1 is 1.25 bits per heavy atom. The van der Waals surface area contributed by atoms with Gasteiger partial charge >= 0.3 is 0 Å². The number of aryl methyl sites for hydroxylation is 1. The minimum atomic E-state index is 0.0498. The molecule has 0 atom stereocenters. The SMILES string of the molecule is CCn1cc(NCc2cccc(C3CC3)c2)ccc1=O. The number of anilines is 1. The fourth-order valence-electron chi connectivity index (χ4n) is 2.46. The summed E-state index contributed by atoms with van der Waals surface area (Å²) >= 11 is 0. The minimum Gasteiger partial charge on any atom is -0.380 e. The predicted molar refractivity (Wildman–Crippen MR) is 82.1 cm³/mol. The lowest BCUT2D eigenvalue weighted by Gasteiger charge is -2.10. The first-order valence-electron chi connectivity index (χ1n) is 7.29. The van der Waals surface area contributed by atoms with Crippen LogP contribution in [-0.2, 0) is 13.1 Å². The highest BCUT2D eigenvalue weighted by atomic mass is 16.1. The van der Waals surface area contributed by atoms with Crippen molar-refractivity contribution in [3.63, 3.8) is 0 Å². The number of nitrogens with one attached hydrogen (secondary N) is 1. The smallest absolute Gasteiger partial charge is 0.250 e. The van der Waals surface area contributed by atoms with Crippen LogP contribution in [0.2, 0.25) is 0 Å². The van der Waals surface area contributed by atoms with Crippen molar-refractivity contribution in [1.82, 2.24) is 4.57 Å². The van der Waals surface area contributed by atoms with Gasteiger partial charge in [0.15, 0.2) is 0 Å². The van der Waals surface area contributed by atoms with Crippen LogP contribution in [0, 0.1) is 0 Å². The third kappa shape index (κ3) is 2.93. The fraction of sp³-hybridized carbons (Fsp3) is 0.353. The standard InChI is InChI=1S/C17H20N2O/c1-2-19-12-16(8-9-17(19)20)18-11-13-4-3-5-15(10-13)14-6-7-14/h3-5,8-10,12,14,18H,2,6-7,11H2,1H3. The second-order valence-electron chi connectivity index (χ2n) is 5.41. The van der Waals surface area contributed by atoms with Crippen LogP contribution in [0.15, 0.2) is 47.4 Å². The number of nitrogens with zero attached hydrogens (tertiary/aromatic N) is 1. The summed E-state index contributed by atoms with van der Waals surface area (Å²) in [6.07, 6.45) is 4.55. The number of hydrogen-bond donors (Lipinski definition) is 1. The first-order valence-corrected chi connectivity index (χ1v) is 7.29. The van der Waals surface area contributed by atoms with Gasteiger partial charge in [0.2, 0.25) is 0 Å². The third-order valence-corrected chi connectivity index (χ3v) is 3.82. The molecule has 0 spiro atoms. The lowest BCUT2D eigenvalue weighted by molar-refractivity contribution is 0.727. The Labute approximate surface area is 119 Å². The van der Waals surface area contributed by atoms with Crippen LogP contribution >= 0.6 is 0 Å². The van der Waals surface area contributed by atoms with Crippen molar-refractivity contribution in [1.29, 1.82) is 0 Å². The monoisotopic (exact) mass is 268 g/mol. The van der Waals surface area contributed by atoms with Gasteiger partial charge in [0, 0.05) is 25.4 Å². The van der Waals surface area contributed by atoms with Crippen molar-refractivity contribution in [2.45, 2.75) is 38.8 Å². The van der Waals surface area contributed by atoms with E-state index < -0.39 is 0 Å². The molecule has 3 rings (SSSR count). The molecular formula is C17H20N2O. The van der Waals surface area contributed by atoms with Crippen LogP contribution in [-0.4, -0.2) is 4.57 Å². The van der Waals surface area contributed by atoms with E-state index in [1.807, 2.05) is 19.2 Å². The maximum Gasteiger partial charge on any atom is 0.250 e. The van der Waals surface area contributed by atoms with Crippen molar-refractivity contribution < 1.29 is 0 Å². The van der Waals surface area contributed by atoms with E-state index in [0.29, 0.717) is 6.54 Å². The second-order valence-corrected chi connectivity index (χ2v) is 5.41. The highest BCUT2D eigenvalue weighted by Gasteiger charge is 2.23. The number of benzene rings is 1. The van der Waals surface area contributed by atoms with Gasteiger partial charge in [-0.05, 0) is 42.9 Å². The van der Waals surface area contributed by atoms with Gasteiger partial charge in [-0.25, -0.2) is 0 Å². The van der Waals surface area contributed by atoms with Gasteiger partial charge in [-0.15, -0.1) is 0 Å². The molecule has 0 unspecified atom stereocenters. The molecule has 0 aliphatic heterocycles. The number of hydrogen-bond acceptors (Lipinski definition) is 2. The summed E-state index contributed by atoms with van der Waals surface area (Å²) in [5.74, 6) is 0.789. The Bertz CT molecular complexity index is 656. The van der Waals surface area contributed by atoms with Gasteiger partial charge in [0.1, 0.15) is 0 Å². The number of aromatic nitrogens is 1. The summed E-state index contributed by atoms with van der Waals surface area (Å²) in [7, 11) is 0. The Hall–Kier alpha value is -2.03. The van der Waals surface area contributed by atoms with Crippen molar-refractivity contribution in [2.75, 3.05) is 5.32 Å². The van der Waals surface area contributed by atoms with Gasteiger partial charge in [-0.1, -0.05) is 24.3 Å². The molecule has 3 nitrogen and oxygen atoms in total. The van der Waals surface area contributed by atoms with Crippen LogP contribution in [0.3, 0.4) is 0 Å². The van der Waals surface area contributed by atoms with Gasteiger partial charge in [-0.2, -0.15) is 0 Å². The van der Waals surface area contributed by atoms with E-state index in [2.05, 4.69) is 29.6 Å². The molecule has 0 saturated heterocycles. The molecule has 0 amide bonds. The zero-order valence-electron chi connectivity index (χ0n) is 11.8. The fourth-order valence-corrected chi connectivity index (χ4v) is 2.46. The Balaban J connectivity index is 1.69. The van der Waals surface area contributed by atoms with Crippen molar-refractivity contribution in [3.8, 4) is 0 Å². The van der Waals surface area contributed by atoms with Crippen LogP contribution in [0.5, 0.6) is 0 Å². The molecule has 3 heteroatoms. The molecule has 1 aromatic heterocycles. The first-order chi connectivity index (χ1) is 9.76. The number of rotatable bonds is 5. The van der Waals surface area contributed by atoms with E-state index in [1.54, 1.807) is 10.6 Å². The lowest BCUT2D eigenvalue weighted by atomic mass is 10.1. The Morgan fingerprint density at radius 3 is 2.85 bits per heavy atom. The first kappa shape index (κ1) is 13.0. The largest absolute Gasteiger partial charge is 0.380 e. The van der Waals surface area contributed by atoms with Gasteiger partial charge in [0.05, 0.1) is 5.69 Å². The molecule has 1 aromatic carbocycles. The minimum absolute atomic E-state index is 0.0498. The molecule has 0 radical (unpaired) electrons. The summed E-state index contributed by atoms with van der Waals surface area (Å²) < 4.78 is 1.71. The normalized spacial score (nSPS) is 14.2. The molecule has 1 heterocycles. The average molecular weight is 268 g/mol. The van der Waals surface area contributed by atoms with E-state index in [1.165, 1.54) is 24.0 Å². The van der Waals surface area contributed by atoms with Gasteiger partial charge in [-0.3, -0.25) is 4.79 Å². The van der Waals surface area contributed by atoms with Crippen LogP contribution < -0.4 is 10.9 Å². The van der Waals surface area contributed by atoms with E-state index in [4.69, 9.17) is 0 Å². The number of pyridine rings is 1. The average Bonchev–Trinajstić information content (AvgIpc) is 3.31. The summed E-state index contributed by atoms with van der Waals surface area (Å²) in [6.45, 7) is 3.47. The molecule has 1 fully saturated rings. The van der Waals surface area contributed by atoms with E-state index in [9.17, 15) is 4.79 Å².